The number of benzene rings is 2. The molecule has 0 spiro atoms. The van der Waals surface area contributed by atoms with Crippen molar-refractivity contribution < 1.29 is 31.8 Å². The molecule has 0 bridgehead atoms. The Morgan fingerprint density at radius 1 is 1.24 bits per heavy atom. The molecule has 0 saturated heterocycles. The largest absolute Gasteiger partial charge is 0.480 e. The lowest BCUT2D eigenvalue weighted by molar-refractivity contribution is -0.188. The van der Waals surface area contributed by atoms with Crippen LogP contribution in [0.1, 0.15) is 19.7 Å². The molecule has 198 valence electrons. The quantitative estimate of drug-likeness (QED) is 0.333. The number of nitrogens with one attached hydrogen (secondary N) is 1. The first-order valence-corrected chi connectivity index (χ1v) is 11.2. The van der Waals surface area contributed by atoms with E-state index in [0.29, 0.717) is 4.68 Å². The molecule has 37 heavy (non-hydrogen) atoms. The molecule has 0 aliphatic rings. The highest BCUT2D eigenvalue weighted by Crippen LogP contribution is 2.40. The fourth-order valence-corrected chi connectivity index (χ4v) is 3.96. The fourth-order valence-electron chi connectivity index (χ4n) is 3.75. The summed E-state index contributed by atoms with van der Waals surface area (Å²) in [6.45, 7) is 1.79. The summed E-state index contributed by atoms with van der Waals surface area (Å²) in [5.41, 5.74) is -1.98. The molecule has 9 nitrogen and oxygen atoms in total. The number of hydrogen-bond donors (Lipinski definition) is 2. The second kappa shape index (κ2) is 9.67. The number of rotatable bonds is 7. The molecule has 0 aliphatic carbocycles. The van der Waals surface area contributed by atoms with Gasteiger partial charge in [-0.25, -0.2) is 13.6 Å². The van der Waals surface area contributed by atoms with Crippen molar-refractivity contribution in [3.8, 4) is 11.4 Å². The van der Waals surface area contributed by atoms with Crippen LogP contribution >= 0.6 is 11.6 Å². The van der Waals surface area contributed by atoms with Gasteiger partial charge in [-0.05, 0) is 26.0 Å². The maximum atomic E-state index is 15.9. The maximum Gasteiger partial charge on any atom is 0.425 e. The number of aliphatic hydroxyl groups is 1. The van der Waals surface area contributed by atoms with Crippen LogP contribution in [-0.2, 0) is 20.2 Å². The molecule has 1 atom stereocenters. The van der Waals surface area contributed by atoms with E-state index < -0.39 is 47.6 Å². The third kappa shape index (κ3) is 4.62. The van der Waals surface area contributed by atoms with Crippen LogP contribution in [0.5, 0.6) is 5.75 Å². The first-order chi connectivity index (χ1) is 17.4. The molecule has 2 heterocycles. The first-order valence-electron chi connectivity index (χ1n) is 10.8. The maximum absolute atomic E-state index is 15.9. The lowest BCUT2D eigenvalue weighted by atomic mass is 10.1. The van der Waals surface area contributed by atoms with Crippen LogP contribution in [0.3, 0.4) is 0 Å². The van der Waals surface area contributed by atoms with Crippen molar-refractivity contribution in [3.63, 3.8) is 0 Å². The summed E-state index contributed by atoms with van der Waals surface area (Å²) >= 11 is 6.06. The summed E-state index contributed by atoms with van der Waals surface area (Å²) in [4.78, 5) is 12.8. The Balaban J connectivity index is 2.01. The molecule has 4 rings (SSSR count). The summed E-state index contributed by atoms with van der Waals surface area (Å²) in [5, 5.41) is 19.8. The van der Waals surface area contributed by atoms with E-state index in [2.05, 4.69) is 15.5 Å². The van der Waals surface area contributed by atoms with Crippen LogP contribution in [0, 0.1) is 11.6 Å². The van der Waals surface area contributed by atoms with Crippen molar-refractivity contribution in [1.82, 2.24) is 24.1 Å². The van der Waals surface area contributed by atoms with Crippen LogP contribution < -0.4 is 15.7 Å². The number of para-hydroxylation sites is 1. The van der Waals surface area contributed by atoms with E-state index in [9.17, 15) is 27.5 Å². The van der Waals surface area contributed by atoms with Crippen molar-refractivity contribution in [2.24, 2.45) is 7.05 Å². The number of nitrogens with zero attached hydrogens (tertiary/aromatic N) is 5. The van der Waals surface area contributed by atoms with Gasteiger partial charge in [-0.3, -0.25) is 9.25 Å². The predicted molar refractivity (Wildman–Crippen MR) is 124 cm³/mol. The van der Waals surface area contributed by atoms with E-state index in [0.717, 1.165) is 28.3 Å². The zero-order chi connectivity index (χ0) is 27.2. The summed E-state index contributed by atoms with van der Waals surface area (Å²) < 4.78 is 78.4. The summed E-state index contributed by atoms with van der Waals surface area (Å²) in [6, 6.07) is 4.68. The van der Waals surface area contributed by atoms with Gasteiger partial charge in [0.2, 0.25) is 0 Å². The molecule has 2 aromatic carbocycles. The van der Waals surface area contributed by atoms with Crippen LogP contribution in [0.25, 0.3) is 16.6 Å². The van der Waals surface area contributed by atoms with E-state index >= 15 is 4.39 Å². The van der Waals surface area contributed by atoms with Gasteiger partial charge >= 0.3 is 11.9 Å². The molecule has 15 heteroatoms. The number of aromatic nitrogens is 5. The lowest BCUT2D eigenvalue weighted by Crippen LogP contribution is -2.31. The van der Waals surface area contributed by atoms with Gasteiger partial charge in [-0.1, -0.05) is 17.7 Å². The molecule has 0 aliphatic heterocycles. The number of alkyl halides is 3. The minimum Gasteiger partial charge on any atom is -0.480 e. The smallest absolute Gasteiger partial charge is 0.425 e. The average molecular weight is 547 g/mol. The van der Waals surface area contributed by atoms with Gasteiger partial charge in [0.15, 0.2) is 23.6 Å². The van der Waals surface area contributed by atoms with Crippen LogP contribution in [0.4, 0.5) is 33.5 Å². The Labute approximate surface area is 210 Å². The van der Waals surface area contributed by atoms with E-state index in [1.54, 1.807) is 6.92 Å². The fraction of sp³-hybridized carbons (Fsp3) is 0.318. The number of aliphatic hydroxyl groups excluding tert-OH is 1. The number of aryl methyl sites for hydroxylation is 1. The summed E-state index contributed by atoms with van der Waals surface area (Å²) in [7, 11) is 1.30. The molecule has 0 saturated carbocycles. The predicted octanol–water partition coefficient (Wildman–Crippen LogP) is 4.44. The highest BCUT2D eigenvalue weighted by Gasteiger charge is 2.39. The highest BCUT2D eigenvalue weighted by molar-refractivity contribution is 6.33. The Hall–Kier alpha value is -3.65. The van der Waals surface area contributed by atoms with Gasteiger partial charge < -0.3 is 15.2 Å². The van der Waals surface area contributed by atoms with Gasteiger partial charge in [-0.2, -0.15) is 23.0 Å². The van der Waals surface area contributed by atoms with Gasteiger partial charge in [0.05, 0.1) is 16.1 Å². The molecule has 0 radical (unpaired) electrons. The van der Waals surface area contributed by atoms with Crippen LogP contribution in [-0.4, -0.2) is 41.5 Å². The highest BCUT2D eigenvalue weighted by atomic mass is 35.5. The number of halogens is 6. The van der Waals surface area contributed by atoms with Gasteiger partial charge in [0.1, 0.15) is 29.4 Å². The Bertz CT molecular complexity index is 1520. The second-order valence-electron chi connectivity index (χ2n) is 7.94. The minimum absolute atomic E-state index is 0.0600. The van der Waals surface area contributed by atoms with Crippen molar-refractivity contribution in [2.45, 2.75) is 39.3 Å². The summed E-state index contributed by atoms with van der Waals surface area (Å²) in [5.74, 6) is -2.70. The third-order valence-corrected chi connectivity index (χ3v) is 5.90. The number of anilines is 2. The Kier molecular flexibility index (Phi) is 6.90. The van der Waals surface area contributed by atoms with Gasteiger partial charge in [0.25, 0.3) is 0 Å². The topological polar surface area (TPSA) is 99.1 Å². The van der Waals surface area contributed by atoms with Gasteiger partial charge in [0, 0.05) is 19.7 Å². The standard InChI is InChI=1S/C22H20ClF5N6O3/c1-4-33-15(9-35)30-34(21(33)36)13-8-14(37-10(2)22(26,27)28)16-19(17(13)25)32(3)31-20(16)29-18-11(23)6-5-7-12(18)24/h5-8,10,35H,4,9H2,1-3H3,(H,29,31). The van der Waals surface area contributed by atoms with E-state index in [1.165, 1.54) is 19.2 Å². The molecular formula is C22H20ClF5N6O3. The van der Waals surface area contributed by atoms with Crippen LogP contribution in [0.2, 0.25) is 5.02 Å². The van der Waals surface area contributed by atoms with Crippen molar-refractivity contribution in [3.05, 3.63) is 57.2 Å². The van der Waals surface area contributed by atoms with Crippen molar-refractivity contribution in [1.29, 1.82) is 0 Å². The van der Waals surface area contributed by atoms with Crippen molar-refractivity contribution >= 4 is 34.0 Å². The molecule has 4 aromatic rings. The molecule has 2 aromatic heterocycles. The lowest BCUT2D eigenvalue weighted by Gasteiger charge is -2.19. The third-order valence-electron chi connectivity index (χ3n) is 5.59. The zero-order valence-electron chi connectivity index (χ0n) is 19.6. The minimum atomic E-state index is -4.80. The van der Waals surface area contributed by atoms with E-state index in [-0.39, 0.29) is 39.8 Å². The summed E-state index contributed by atoms with van der Waals surface area (Å²) in [6.07, 6.45) is -7.15. The van der Waals surface area contributed by atoms with Crippen molar-refractivity contribution in [2.75, 3.05) is 5.32 Å². The zero-order valence-corrected chi connectivity index (χ0v) is 20.3. The first kappa shape index (κ1) is 26.4. The number of hydrogen-bond acceptors (Lipinski definition) is 6. The molecular weight excluding hydrogens is 527 g/mol. The number of fused-ring (bicyclic) bond motifs is 1. The Morgan fingerprint density at radius 2 is 1.95 bits per heavy atom. The molecule has 0 fully saturated rings. The second-order valence-corrected chi connectivity index (χ2v) is 8.35. The van der Waals surface area contributed by atoms with Crippen LogP contribution in [0.15, 0.2) is 29.1 Å². The van der Waals surface area contributed by atoms with E-state index in [4.69, 9.17) is 16.3 Å². The molecule has 0 amide bonds. The average Bonchev–Trinajstić information content (AvgIpc) is 3.33. The van der Waals surface area contributed by atoms with E-state index in [1.807, 2.05) is 0 Å². The SMILES string of the molecule is CCn1c(CO)nn(-c2cc(OC(C)C(F)(F)F)c3c(Nc4c(F)cccc4Cl)nn(C)c3c2F)c1=O. The molecule has 2 N–H and O–H groups in total. The normalized spacial score (nSPS) is 12.8. The number of ether oxygens (including phenoxy) is 1. The molecule has 1 unspecified atom stereocenters. The Morgan fingerprint density at radius 3 is 2.51 bits per heavy atom. The monoisotopic (exact) mass is 546 g/mol. The van der Waals surface area contributed by atoms with Gasteiger partial charge in [-0.15, -0.1) is 5.10 Å².